The van der Waals surface area contributed by atoms with Crippen molar-refractivity contribution in [2.75, 3.05) is 31.2 Å². The largest absolute Gasteiger partial charge is 0.378 e. The summed E-state index contributed by atoms with van der Waals surface area (Å²) in [5.74, 6) is 1.01. The highest BCUT2D eigenvalue weighted by Gasteiger charge is 2.18. The van der Waals surface area contributed by atoms with Gasteiger partial charge in [-0.2, -0.15) is 9.61 Å². The Labute approximate surface area is 196 Å². The van der Waals surface area contributed by atoms with Crippen molar-refractivity contribution in [2.24, 2.45) is 4.99 Å². The molecule has 170 valence electrons. The number of nitrogens with one attached hydrogen (secondary N) is 1. The fraction of sp³-hybridized carbons (Fsp3) is 0.231. The average molecular weight is 452 g/mol. The van der Waals surface area contributed by atoms with Crippen LogP contribution in [0.1, 0.15) is 17.0 Å². The zero-order valence-corrected chi connectivity index (χ0v) is 19.0. The van der Waals surface area contributed by atoms with Gasteiger partial charge in [0.15, 0.2) is 5.65 Å². The normalized spacial score (nSPS) is 14.6. The van der Waals surface area contributed by atoms with Crippen molar-refractivity contribution in [3.05, 3.63) is 77.9 Å². The molecule has 0 amide bonds. The molecular weight excluding hydrogens is 426 g/mol. The molecule has 5 aromatic rings. The summed E-state index contributed by atoms with van der Waals surface area (Å²) in [5.41, 5.74) is 6.70. The van der Waals surface area contributed by atoms with Crippen molar-refractivity contribution < 1.29 is 4.74 Å². The number of anilines is 1. The molecular formula is C26H25N7O. The maximum atomic E-state index is 5.57. The average Bonchev–Trinajstić information content (AvgIpc) is 3.49. The molecule has 1 aromatic carbocycles. The summed E-state index contributed by atoms with van der Waals surface area (Å²) >= 11 is 0. The highest BCUT2D eigenvalue weighted by molar-refractivity contribution is 5.98. The molecule has 0 spiro atoms. The number of morpholine rings is 1. The number of benzene rings is 1. The first-order chi connectivity index (χ1) is 16.7. The number of fused-ring (bicyclic) bond motifs is 2. The van der Waals surface area contributed by atoms with Crippen molar-refractivity contribution in [1.82, 2.24) is 24.6 Å². The molecule has 1 aliphatic rings. The van der Waals surface area contributed by atoms with Gasteiger partial charge in [0.05, 0.1) is 31.1 Å². The number of H-pyrrole nitrogens is 1. The van der Waals surface area contributed by atoms with Crippen LogP contribution in [0.25, 0.3) is 27.8 Å². The molecule has 0 atom stereocenters. The van der Waals surface area contributed by atoms with E-state index in [1.165, 1.54) is 0 Å². The third-order valence-corrected chi connectivity index (χ3v) is 6.11. The van der Waals surface area contributed by atoms with E-state index in [4.69, 9.17) is 19.8 Å². The van der Waals surface area contributed by atoms with Crippen molar-refractivity contribution in [1.29, 1.82) is 0 Å². The number of aromatic nitrogens is 5. The van der Waals surface area contributed by atoms with Gasteiger partial charge in [-0.15, -0.1) is 0 Å². The molecule has 8 heteroatoms. The second-order valence-electron chi connectivity index (χ2n) is 8.45. The van der Waals surface area contributed by atoms with Crippen LogP contribution >= 0.6 is 0 Å². The molecule has 0 radical (unpaired) electrons. The third kappa shape index (κ3) is 3.92. The van der Waals surface area contributed by atoms with Crippen LogP contribution in [0.15, 0.2) is 65.9 Å². The lowest BCUT2D eigenvalue weighted by Gasteiger charge is -2.29. The van der Waals surface area contributed by atoms with Crippen LogP contribution in [0, 0.1) is 6.92 Å². The number of ether oxygens (including phenoxy) is 1. The Bertz CT molecular complexity index is 1480. The molecule has 5 heterocycles. The first-order valence-electron chi connectivity index (χ1n) is 11.5. The lowest BCUT2D eigenvalue weighted by molar-refractivity contribution is 0.122. The van der Waals surface area contributed by atoms with Crippen LogP contribution in [0.4, 0.5) is 5.82 Å². The van der Waals surface area contributed by atoms with E-state index in [1.807, 2.05) is 60.4 Å². The Morgan fingerprint density at radius 3 is 2.85 bits per heavy atom. The minimum atomic E-state index is 0.486. The molecule has 0 saturated carbocycles. The maximum absolute atomic E-state index is 5.57. The Hall–Kier alpha value is -4.04. The summed E-state index contributed by atoms with van der Waals surface area (Å²) in [6.07, 6.45) is 5.76. The van der Waals surface area contributed by atoms with Gasteiger partial charge in [-0.1, -0.05) is 18.2 Å². The van der Waals surface area contributed by atoms with Gasteiger partial charge in [-0.3, -0.25) is 9.98 Å². The molecule has 4 aromatic heterocycles. The van der Waals surface area contributed by atoms with Crippen LogP contribution in [-0.4, -0.2) is 57.1 Å². The number of hydrogen-bond acceptors (Lipinski definition) is 6. The highest BCUT2D eigenvalue weighted by Crippen LogP contribution is 2.24. The molecule has 0 unspecified atom stereocenters. The third-order valence-electron chi connectivity index (χ3n) is 6.11. The van der Waals surface area contributed by atoms with Gasteiger partial charge < -0.3 is 14.6 Å². The number of nitrogens with zero attached hydrogens (tertiary/aromatic N) is 6. The predicted octanol–water partition coefficient (Wildman–Crippen LogP) is 4.04. The lowest BCUT2D eigenvalue weighted by Crippen LogP contribution is -2.37. The maximum Gasteiger partial charge on any atom is 0.158 e. The zero-order chi connectivity index (χ0) is 22.9. The van der Waals surface area contributed by atoms with Crippen molar-refractivity contribution in [3.63, 3.8) is 0 Å². The van der Waals surface area contributed by atoms with E-state index < -0.39 is 0 Å². The second-order valence-corrected chi connectivity index (χ2v) is 8.45. The molecule has 34 heavy (non-hydrogen) atoms. The fourth-order valence-electron chi connectivity index (χ4n) is 4.31. The number of rotatable bonds is 5. The number of para-hydroxylation sites is 1. The molecule has 0 aliphatic carbocycles. The Balaban J connectivity index is 1.36. The van der Waals surface area contributed by atoms with Gasteiger partial charge in [-0.25, -0.2) is 4.98 Å². The number of aliphatic imine (C=N–C) groups is 1. The van der Waals surface area contributed by atoms with Crippen molar-refractivity contribution in [2.45, 2.75) is 13.5 Å². The van der Waals surface area contributed by atoms with E-state index in [1.54, 1.807) is 0 Å². The first-order valence-corrected chi connectivity index (χ1v) is 11.5. The van der Waals surface area contributed by atoms with Gasteiger partial charge in [0.2, 0.25) is 0 Å². The Morgan fingerprint density at radius 1 is 1.12 bits per heavy atom. The van der Waals surface area contributed by atoms with E-state index >= 15 is 0 Å². The van der Waals surface area contributed by atoms with Gasteiger partial charge in [0, 0.05) is 71.6 Å². The van der Waals surface area contributed by atoms with E-state index in [2.05, 4.69) is 33.1 Å². The summed E-state index contributed by atoms with van der Waals surface area (Å²) in [4.78, 5) is 19.6. The molecule has 1 N–H and O–H groups in total. The number of pyridine rings is 1. The summed E-state index contributed by atoms with van der Waals surface area (Å²) in [6.45, 7) is 5.51. The monoisotopic (exact) mass is 451 g/mol. The van der Waals surface area contributed by atoms with Crippen LogP contribution in [0.3, 0.4) is 0 Å². The van der Waals surface area contributed by atoms with Crippen LogP contribution in [0.2, 0.25) is 0 Å². The first kappa shape index (κ1) is 20.6. The molecule has 1 fully saturated rings. The van der Waals surface area contributed by atoms with Crippen LogP contribution in [-0.2, 0) is 11.3 Å². The highest BCUT2D eigenvalue weighted by atomic mass is 16.5. The molecule has 1 aliphatic heterocycles. The topological polar surface area (TPSA) is 83.7 Å². The molecule has 8 nitrogen and oxygen atoms in total. The second kappa shape index (κ2) is 8.72. The number of aryl methyl sites for hydroxylation is 1. The van der Waals surface area contributed by atoms with Crippen molar-refractivity contribution >= 4 is 28.6 Å². The van der Waals surface area contributed by atoms with E-state index in [9.17, 15) is 0 Å². The molecule has 6 rings (SSSR count). The lowest BCUT2D eigenvalue weighted by atomic mass is 10.2. The molecule has 0 bridgehead atoms. The van der Waals surface area contributed by atoms with Gasteiger partial charge in [0.1, 0.15) is 5.82 Å². The van der Waals surface area contributed by atoms with Crippen molar-refractivity contribution in [3.8, 4) is 11.3 Å². The summed E-state index contributed by atoms with van der Waals surface area (Å²) < 4.78 is 7.49. The Morgan fingerprint density at radius 2 is 2.00 bits per heavy atom. The number of hydrogen-bond donors (Lipinski definition) is 1. The standard InChI is InChI=1S/C26H25N7O/c1-18-6-7-19(15-28-18)24-13-25-30-21(12-26(33(25)31-24)32-8-10-34-11-9-32)17-27-14-20-16-29-23-5-3-2-4-22(20)23/h2-7,12-16,29H,8-11,17H2,1H3. The quantitative estimate of drug-likeness (QED) is 0.408. The summed E-state index contributed by atoms with van der Waals surface area (Å²) in [7, 11) is 0. The van der Waals surface area contributed by atoms with Crippen LogP contribution < -0.4 is 4.90 Å². The van der Waals surface area contributed by atoms with E-state index in [-0.39, 0.29) is 0 Å². The van der Waals surface area contributed by atoms with Gasteiger partial charge in [-0.05, 0) is 25.1 Å². The fourth-order valence-corrected chi connectivity index (χ4v) is 4.31. The zero-order valence-electron chi connectivity index (χ0n) is 19.0. The molecule has 1 saturated heterocycles. The van der Waals surface area contributed by atoms with Gasteiger partial charge in [0.25, 0.3) is 0 Å². The minimum absolute atomic E-state index is 0.486. The predicted molar refractivity (Wildman–Crippen MR) is 134 cm³/mol. The summed E-state index contributed by atoms with van der Waals surface area (Å²) in [5, 5.41) is 6.04. The SMILES string of the molecule is Cc1ccc(-c2cc3nc(CN=Cc4c[nH]c5ccccc45)cc(N4CCOCC4)n3n2)cn1. The smallest absolute Gasteiger partial charge is 0.158 e. The Kier molecular flexibility index (Phi) is 5.27. The minimum Gasteiger partial charge on any atom is -0.378 e. The number of aromatic amines is 1. The van der Waals surface area contributed by atoms with Crippen LogP contribution in [0.5, 0.6) is 0 Å². The van der Waals surface area contributed by atoms with E-state index in [0.717, 1.165) is 63.7 Å². The summed E-state index contributed by atoms with van der Waals surface area (Å²) in [6, 6.07) is 16.4. The van der Waals surface area contributed by atoms with Gasteiger partial charge >= 0.3 is 0 Å². The van der Waals surface area contributed by atoms with E-state index in [0.29, 0.717) is 19.8 Å².